The van der Waals surface area contributed by atoms with Crippen molar-refractivity contribution in [3.8, 4) is 11.4 Å². The molecule has 1 aromatic carbocycles. The van der Waals surface area contributed by atoms with E-state index in [1.807, 2.05) is 48.0 Å². The summed E-state index contributed by atoms with van der Waals surface area (Å²) in [5.41, 5.74) is 3.33. The zero-order valence-corrected chi connectivity index (χ0v) is 27.2. The number of piperidine rings is 1. The molecule has 3 aromatic rings. The Balaban J connectivity index is 1.07. The predicted octanol–water partition coefficient (Wildman–Crippen LogP) is 5.30. The average molecular weight is 649 g/mol. The standard InChI is InChI=1S/C36H43F3N6O2/c1-25-10-12-40-31(19-25)32-20-26(11-13-41-32)5-3-7-34(46)45-14-4-6-29-23-44(24-33(29)45)35(47)27-8-9-28(30(21-27)36(37,38)39)22-43-17-15-42(2)16-18-43/h8-13,19-21,29,33H,3-7,14-18,22-24H2,1-2H3/t29-,33+/m1/s1. The fraction of sp³-hybridized carbons (Fsp3) is 0.500. The fourth-order valence-corrected chi connectivity index (χ4v) is 7.23. The van der Waals surface area contributed by atoms with Crippen LogP contribution < -0.4 is 0 Å². The Bertz CT molecular complexity index is 1590. The maximum atomic E-state index is 14.2. The van der Waals surface area contributed by atoms with Crippen molar-refractivity contribution in [1.82, 2.24) is 29.6 Å². The zero-order valence-electron chi connectivity index (χ0n) is 27.2. The molecule has 3 fully saturated rings. The number of likely N-dealkylation sites (tertiary alicyclic amines) is 2. The summed E-state index contributed by atoms with van der Waals surface area (Å²) in [5.74, 6) is -0.212. The highest BCUT2D eigenvalue weighted by Crippen LogP contribution is 2.36. The highest BCUT2D eigenvalue weighted by atomic mass is 19.4. The number of benzene rings is 1. The van der Waals surface area contributed by atoms with Crippen molar-refractivity contribution >= 4 is 11.8 Å². The number of carbonyl (C=O) groups is 2. The third-order valence-corrected chi connectivity index (χ3v) is 9.90. The Kier molecular flexibility index (Phi) is 9.93. The van der Waals surface area contributed by atoms with Gasteiger partial charge in [0.2, 0.25) is 5.91 Å². The summed E-state index contributed by atoms with van der Waals surface area (Å²) in [6.07, 6.45) is 2.53. The van der Waals surface area contributed by atoms with Gasteiger partial charge in [-0.1, -0.05) is 6.07 Å². The van der Waals surface area contributed by atoms with Crippen LogP contribution in [-0.2, 0) is 23.9 Å². The van der Waals surface area contributed by atoms with E-state index in [1.54, 1.807) is 17.3 Å². The normalized spacial score (nSPS) is 20.8. The lowest BCUT2D eigenvalue weighted by atomic mass is 9.91. The first-order valence-electron chi connectivity index (χ1n) is 16.6. The maximum absolute atomic E-state index is 14.2. The lowest BCUT2D eigenvalue weighted by Gasteiger charge is -2.37. The smallest absolute Gasteiger partial charge is 0.338 e. The molecule has 0 radical (unpaired) electrons. The number of rotatable bonds is 8. The lowest BCUT2D eigenvalue weighted by molar-refractivity contribution is -0.138. The van der Waals surface area contributed by atoms with Gasteiger partial charge in [0.25, 0.3) is 5.91 Å². The molecule has 3 aliphatic heterocycles. The van der Waals surface area contributed by atoms with Crippen LogP contribution in [0.2, 0.25) is 0 Å². The zero-order chi connectivity index (χ0) is 33.1. The fourth-order valence-electron chi connectivity index (χ4n) is 7.23. The van der Waals surface area contributed by atoms with Crippen molar-refractivity contribution < 1.29 is 22.8 Å². The van der Waals surface area contributed by atoms with Gasteiger partial charge in [-0.25, -0.2) is 0 Å². The highest BCUT2D eigenvalue weighted by molar-refractivity contribution is 5.95. The van der Waals surface area contributed by atoms with Crippen molar-refractivity contribution in [2.24, 2.45) is 5.92 Å². The molecule has 3 saturated heterocycles. The number of nitrogens with zero attached hydrogens (tertiary/aromatic N) is 6. The van der Waals surface area contributed by atoms with Crippen molar-refractivity contribution in [2.45, 2.75) is 57.8 Å². The van der Waals surface area contributed by atoms with Crippen LogP contribution in [0.4, 0.5) is 13.2 Å². The Morgan fingerprint density at radius 1 is 0.915 bits per heavy atom. The molecule has 2 aromatic heterocycles. The quantitative estimate of drug-likeness (QED) is 0.330. The number of hydrogen-bond acceptors (Lipinski definition) is 6. The molecular weight excluding hydrogens is 605 g/mol. The summed E-state index contributed by atoms with van der Waals surface area (Å²) in [6, 6.07) is 11.8. The lowest BCUT2D eigenvalue weighted by Crippen LogP contribution is -2.48. The van der Waals surface area contributed by atoms with Gasteiger partial charge in [-0.05, 0) is 98.7 Å². The van der Waals surface area contributed by atoms with E-state index in [-0.39, 0.29) is 35.5 Å². The van der Waals surface area contributed by atoms with E-state index in [9.17, 15) is 22.8 Å². The van der Waals surface area contributed by atoms with Crippen LogP contribution in [0.1, 0.15) is 58.3 Å². The number of carbonyl (C=O) groups excluding carboxylic acids is 2. The van der Waals surface area contributed by atoms with Gasteiger partial charge >= 0.3 is 6.18 Å². The molecule has 6 rings (SSSR count). The van der Waals surface area contributed by atoms with Crippen LogP contribution in [0.15, 0.2) is 54.9 Å². The number of aromatic nitrogens is 2. The molecule has 3 aliphatic rings. The van der Waals surface area contributed by atoms with Gasteiger partial charge in [-0.3, -0.25) is 24.5 Å². The van der Waals surface area contributed by atoms with E-state index < -0.39 is 17.6 Å². The number of likely N-dealkylation sites (N-methyl/N-ethyl adjacent to an activating group) is 1. The van der Waals surface area contributed by atoms with Gasteiger partial charge in [0.05, 0.1) is 23.0 Å². The Hall–Kier alpha value is -3.83. The minimum atomic E-state index is -4.56. The molecule has 0 aliphatic carbocycles. The average Bonchev–Trinajstić information content (AvgIpc) is 3.50. The monoisotopic (exact) mass is 648 g/mol. The number of pyridine rings is 2. The minimum Gasteiger partial charge on any atom is -0.338 e. The predicted molar refractivity (Wildman–Crippen MR) is 173 cm³/mol. The molecule has 250 valence electrons. The van der Waals surface area contributed by atoms with E-state index in [0.717, 1.165) is 60.9 Å². The minimum absolute atomic E-state index is 0.0496. The van der Waals surface area contributed by atoms with Gasteiger partial charge in [0, 0.05) is 76.7 Å². The van der Waals surface area contributed by atoms with Crippen molar-refractivity contribution in [3.63, 3.8) is 0 Å². The highest BCUT2D eigenvalue weighted by Gasteiger charge is 2.43. The SMILES string of the molecule is Cc1ccnc(-c2cc(CCCC(=O)N3CCC[C@@H]4CN(C(=O)c5ccc(CN6CCN(C)CC6)c(C(F)(F)F)c5)C[C@@H]43)ccn2)c1. The summed E-state index contributed by atoms with van der Waals surface area (Å²) in [6.45, 7) is 6.68. The summed E-state index contributed by atoms with van der Waals surface area (Å²) < 4.78 is 42.6. The summed E-state index contributed by atoms with van der Waals surface area (Å²) >= 11 is 0. The number of amides is 2. The van der Waals surface area contributed by atoms with Crippen LogP contribution in [-0.4, -0.2) is 100 Å². The molecular formula is C36H43F3N6O2. The molecule has 47 heavy (non-hydrogen) atoms. The summed E-state index contributed by atoms with van der Waals surface area (Å²) in [5, 5.41) is 0. The van der Waals surface area contributed by atoms with Gasteiger partial charge in [0.15, 0.2) is 0 Å². The molecule has 11 heteroatoms. The third-order valence-electron chi connectivity index (χ3n) is 9.90. The van der Waals surface area contributed by atoms with Gasteiger partial charge in [-0.15, -0.1) is 0 Å². The molecule has 0 bridgehead atoms. The number of piperazine rings is 1. The first-order chi connectivity index (χ1) is 22.5. The Morgan fingerprint density at radius 2 is 1.66 bits per heavy atom. The molecule has 2 amide bonds. The Morgan fingerprint density at radius 3 is 2.40 bits per heavy atom. The van der Waals surface area contributed by atoms with Crippen LogP contribution in [0, 0.1) is 12.8 Å². The van der Waals surface area contributed by atoms with Crippen LogP contribution in [0.25, 0.3) is 11.4 Å². The van der Waals surface area contributed by atoms with Gasteiger partial charge in [-0.2, -0.15) is 13.2 Å². The molecule has 5 heterocycles. The third kappa shape index (κ3) is 7.84. The summed E-state index contributed by atoms with van der Waals surface area (Å²) in [4.78, 5) is 43.7. The maximum Gasteiger partial charge on any atom is 0.416 e. The Labute approximate surface area is 274 Å². The van der Waals surface area contributed by atoms with Crippen LogP contribution >= 0.6 is 0 Å². The van der Waals surface area contributed by atoms with Crippen molar-refractivity contribution in [3.05, 3.63) is 82.7 Å². The molecule has 8 nitrogen and oxygen atoms in total. The number of halogens is 3. The topological polar surface area (TPSA) is 72.9 Å². The van der Waals surface area contributed by atoms with E-state index in [1.165, 1.54) is 12.1 Å². The van der Waals surface area contributed by atoms with Crippen molar-refractivity contribution in [2.75, 3.05) is 52.9 Å². The number of hydrogen-bond donors (Lipinski definition) is 0. The molecule has 2 atom stereocenters. The van der Waals surface area contributed by atoms with E-state index in [2.05, 4.69) is 14.9 Å². The summed E-state index contributed by atoms with van der Waals surface area (Å²) in [7, 11) is 2.01. The number of fused-ring (bicyclic) bond motifs is 1. The van der Waals surface area contributed by atoms with E-state index in [0.29, 0.717) is 45.6 Å². The molecule has 0 unspecified atom stereocenters. The second-order valence-electron chi connectivity index (χ2n) is 13.3. The molecule has 0 spiro atoms. The van der Waals surface area contributed by atoms with E-state index in [4.69, 9.17) is 0 Å². The first kappa shape index (κ1) is 33.1. The van der Waals surface area contributed by atoms with Crippen LogP contribution in [0.5, 0.6) is 0 Å². The molecule has 0 N–H and O–H groups in total. The number of aryl methyl sites for hydroxylation is 2. The van der Waals surface area contributed by atoms with Crippen molar-refractivity contribution in [1.29, 1.82) is 0 Å². The first-order valence-corrected chi connectivity index (χ1v) is 16.6. The second-order valence-corrected chi connectivity index (χ2v) is 13.3. The molecule has 0 saturated carbocycles. The van der Waals surface area contributed by atoms with E-state index >= 15 is 0 Å². The van der Waals surface area contributed by atoms with Gasteiger partial charge in [0.1, 0.15) is 0 Å². The van der Waals surface area contributed by atoms with Crippen LogP contribution in [0.3, 0.4) is 0 Å². The largest absolute Gasteiger partial charge is 0.416 e. The number of alkyl halides is 3. The second kappa shape index (κ2) is 14.1. The van der Waals surface area contributed by atoms with Gasteiger partial charge < -0.3 is 14.7 Å².